The van der Waals surface area contributed by atoms with E-state index >= 15 is 0 Å². The van der Waals surface area contributed by atoms with E-state index in [1.165, 1.54) is 11.2 Å². The Morgan fingerprint density at radius 1 is 1.29 bits per heavy atom. The van der Waals surface area contributed by atoms with Crippen molar-refractivity contribution in [2.24, 2.45) is 5.41 Å². The van der Waals surface area contributed by atoms with Gasteiger partial charge in [0.2, 0.25) is 0 Å². The van der Waals surface area contributed by atoms with Crippen LogP contribution in [-0.2, 0) is 6.42 Å². The molecule has 2 rings (SSSR count). The van der Waals surface area contributed by atoms with Gasteiger partial charge in [-0.1, -0.05) is 26.8 Å². The lowest BCUT2D eigenvalue weighted by atomic mass is 9.90. The third-order valence-corrected chi connectivity index (χ3v) is 2.24. The largest absolute Gasteiger partial charge is 0.303 e. The Balaban J connectivity index is 2.46. The molecule has 2 heteroatoms. The second kappa shape index (κ2) is 3.12. The van der Waals surface area contributed by atoms with Gasteiger partial charge in [-0.2, -0.15) is 0 Å². The Kier molecular flexibility index (Phi) is 2.06. The van der Waals surface area contributed by atoms with Gasteiger partial charge in [-0.25, -0.2) is 4.98 Å². The highest BCUT2D eigenvalue weighted by Crippen LogP contribution is 2.21. The van der Waals surface area contributed by atoms with E-state index in [1.54, 1.807) is 0 Å². The zero-order valence-corrected chi connectivity index (χ0v) is 8.99. The lowest BCUT2D eigenvalue weighted by molar-refractivity contribution is 0.404. The van der Waals surface area contributed by atoms with Gasteiger partial charge in [0.1, 0.15) is 0 Å². The first kappa shape index (κ1) is 9.25. The summed E-state index contributed by atoms with van der Waals surface area (Å²) in [5.41, 5.74) is 2.82. The summed E-state index contributed by atoms with van der Waals surface area (Å²) in [5, 5.41) is 0. The molecule has 0 saturated carbocycles. The average Bonchev–Trinajstić information content (AvgIpc) is 2.49. The molecule has 0 amide bonds. The van der Waals surface area contributed by atoms with Crippen molar-refractivity contribution in [3.63, 3.8) is 0 Å². The molecule has 0 atom stereocenters. The van der Waals surface area contributed by atoms with Gasteiger partial charge < -0.3 is 4.40 Å². The molecule has 0 spiro atoms. The van der Waals surface area contributed by atoms with Gasteiger partial charge in [0.15, 0.2) is 0 Å². The number of imidazole rings is 1. The average molecular weight is 188 g/mol. The van der Waals surface area contributed by atoms with E-state index in [-0.39, 0.29) is 0 Å². The fourth-order valence-corrected chi connectivity index (χ4v) is 1.69. The SMILES string of the molecule is CC(C)(C)Cc1cccc2cncn12. The smallest absolute Gasteiger partial charge is 0.0994 e. The zero-order valence-electron chi connectivity index (χ0n) is 8.99. The van der Waals surface area contributed by atoms with Crippen LogP contribution in [0.4, 0.5) is 0 Å². The molecule has 0 aliphatic carbocycles. The highest BCUT2D eigenvalue weighted by Gasteiger charge is 2.12. The molecule has 74 valence electrons. The quantitative estimate of drug-likeness (QED) is 0.672. The van der Waals surface area contributed by atoms with Crippen LogP contribution in [0.25, 0.3) is 5.52 Å². The highest BCUT2D eigenvalue weighted by molar-refractivity contribution is 5.45. The van der Waals surface area contributed by atoms with Crippen LogP contribution >= 0.6 is 0 Å². The van der Waals surface area contributed by atoms with Crippen LogP contribution in [0.2, 0.25) is 0 Å². The summed E-state index contributed by atoms with van der Waals surface area (Å²) in [6.45, 7) is 6.76. The summed E-state index contributed by atoms with van der Waals surface area (Å²) in [5.74, 6) is 0. The van der Waals surface area contributed by atoms with Crippen LogP contribution in [0.15, 0.2) is 30.7 Å². The first-order chi connectivity index (χ1) is 6.56. The van der Waals surface area contributed by atoms with E-state index < -0.39 is 0 Å². The van der Waals surface area contributed by atoms with Crippen LogP contribution in [-0.4, -0.2) is 9.38 Å². The number of pyridine rings is 1. The summed E-state index contributed by atoms with van der Waals surface area (Å²) < 4.78 is 2.16. The molecule has 0 radical (unpaired) electrons. The predicted octanol–water partition coefficient (Wildman–Crippen LogP) is 2.92. The van der Waals surface area contributed by atoms with E-state index in [0.29, 0.717) is 5.41 Å². The van der Waals surface area contributed by atoms with Gasteiger partial charge in [0, 0.05) is 5.69 Å². The molecule has 2 aromatic heterocycles. The maximum atomic E-state index is 4.15. The van der Waals surface area contributed by atoms with Crippen LogP contribution < -0.4 is 0 Å². The van der Waals surface area contributed by atoms with Gasteiger partial charge in [0.05, 0.1) is 18.0 Å². The Morgan fingerprint density at radius 3 is 2.79 bits per heavy atom. The van der Waals surface area contributed by atoms with Gasteiger partial charge in [-0.05, 0) is 24.0 Å². The number of hydrogen-bond donors (Lipinski definition) is 0. The summed E-state index contributed by atoms with van der Waals surface area (Å²) in [4.78, 5) is 4.15. The summed E-state index contributed by atoms with van der Waals surface area (Å²) >= 11 is 0. The molecule has 0 fully saturated rings. The van der Waals surface area contributed by atoms with E-state index in [9.17, 15) is 0 Å². The Hall–Kier alpha value is -1.31. The number of fused-ring (bicyclic) bond motifs is 1. The van der Waals surface area contributed by atoms with Gasteiger partial charge in [-0.3, -0.25) is 0 Å². The molecule has 2 heterocycles. The molecule has 0 N–H and O–H groups in total. The first-order valence-electron chi connectivity index (χ1n) is 4.96. The molecule has 0 aromatic carbocycles. The van der Waals surface area contributed by atoms with Gasteiger partial charge in [-0.15, -0.1) is 0 Å². The fraction of sp³-hybridized carbons (Fsp3) is 0.417. The van der Waals surface area contributed by atoms with Crippen molar-refractivity contribution in [2.45, 2.75) is 27.2 Å². The monoisotopic (exact) mass is 188 g/mol. The standard InChI is InChI=1S/C12H16N2/c1-12(2,3)7-10-5-4-6-11-8-13-9-14(10)11/h4-6,8-9H,7H2,1-3H3. The number of hydrogen-bond acceptors (Lipinski definition) is 1. The minimum Gasteiger partial charge on any atom is -0.303 e. The molecule has 0 aliphatic rings. The first-order valence-corrected chi connectivity index (χ1v) is 4.96. The summed E-state index contributed by atoms with van der Waals surface area (Å²) in [6.07, 6.45) is 4.85. The van der Waals surface area contributed by atoms with Crippen molar-refractivity contribution in [1.29, 1.82) is 0 Å². The number of aromatic nitrogens is 2. The molecule has 14 heavy (non-hydrogen) atoms. The van der Waals surface area contributed by atoms with E-state index in [0.717, 1.165) is 6.42 Å². The van der Waals surface area contributed by atoms with E-state index in [1.807, 2.05) is 12.5 Å². The van der Waals surface area contributed by atoms with Gasteiger partial charge in [0.25, 0.3) is 0 Å². The Morgan fingerprint density at radius 2 is 2.07 bits per heavy atom. The minimum atomic E-state index is 0.318. The molecule has 2 aromatic rings. The molecule has 0 saturated heterocycles. The second-order valence-corrected chi connectivity index (χ2v) is 4.94. The molecule has 0 aliphatic heterocycles. The summed E-state index contributed by atoms with van der Waals surface area (Å²) in [7, 11) is 0. The van der Waals surface area contributed by atoms with Crippen LogP contribution in [0.1, 0.15) is 26.5 Å². The van der Waals surface area contributed by atoms with E-state index in [4.69, 9.17) is 0 Å². The number of nitrogens with zero attached hydrogens (tertiary/aromatic N) is 2. The topological polar surface area (TPSA) is 17.3 Å². The van der Waals surface area contributed by atoms with Crippen LogP contribution in [0.5, 0.6) is 0 Å². The van der Waals surface area contributed by atoms with Crippen LogP contribution in [0, 0.1) is 5.41 Å². The molecular formula is C12H16N2. The molecule has 0 bridgehead atoms. The Labute approximate surface area is 84.6 Å². The van der Waals surface area contributed by atoms with Crippen molar-refractivity contribution in [1.82, 2.24) is 9.38 Å². The maximum Gasteiger partial charge on any atom is 0.0994 e. The zero-order chi connectivity index (χ0) is 10.2. The second-order valence-electron chi connectivity index (χ2n) is 4.94. The lowest BCUT2D eigenvalue weighted by Gasteiger charge is -2.18. The van der Waals surface area contributed by atoms with E-state index in [2.05, 4.69) is 48.4 Å². The molecule has 2 nitrogen and oxygen atoms in total. The summed E-state index contributed by atoms with van der Waals surface area (Å²) in [6, 6.07) is 6.34. The molecule has 0 unspecified atom stereocenters. The Bertz CT molecular complexity index is 435. The predicted molar refractivity (Wildman–Crippen MR) is 58.4 cm³/mol. The third-order valence-electron chi connectivity index (χ3n) is 2.24. The van der Waals surface area contributed by atoms with Crippen molar-refractivity contribution in [3.05, 3.63) is 36.4 Å². The lowest BCUT2D eigenvalue weighted by Crippen LogP contribution is -2.11. The normalized spacial score (nSPS) is 12.2. The van der Waals surface area contributed by atoms with Crippen molar-refractivity contribution in [2.75, 3.05) is 0 Å². The van der Waals surface area contributed by atoms with Crippen molar-refractivity contribution < 1.29 is 0 Å². The van der Waals surface area contributed by atoms with Crippen LogP contribution in [0.3, 0.4) is 0 Å². The minimum absolute atomic E-state index is 0.318. The highest BCUT2D eigenvalue weighted by atomic mass is 15.0. The van der Waals surface area contributed by atoms with Gasteiger partial charge >= 0.3 is 0 Å². The fourth-order valence-electron chi connectivity index (χ4n) is 1.69. The number of rotatable bonds is 1. The maximum absolute atomic E-state index is 4.15. The van der Waals surface area contributed by atoms with Crippen molar-refractivity contribution in [3.8, 4) is 0 Å². The van der Waals surface area contributed by atoms with Crippen molar-refractivity contribution >= 4 is 5.52 Å². The third kappa shape index (κ3) is 1.79. The molecular weight excluding hydrogens is 172 g/mol.